The van der Waals surface area contributed by atoms with Crippen molar-refractivity contribution in [2.24, 2.45) is 0 Å². The van der Waals surface area contributed by atoms with Crippen LogP contribution >= 0.6 is 7.82 Å². The Hall–Kier alpha value is -1.99. The molecule has 0 aromatic rings. The van der Waals surface area contributed by atoms with Crippen molar-refractivity contribution in [1.82, 2.24) is 0 Å². The minimum atomic E-state index is -4.76. The summed E-state index contributed by atoms with van der Waals surface area (Å²) in [7, 11) is -4.76. The number of ether oxygens (including phenoxy) is 2. The maximum atomic E-state index is 12.5. The molecule has 58 heavy (non-hydrogen) atoms. The van der Waals surface area contributed by atoms with E-state index in [1.54, 1.807) is 0 Å². The number of allylic oxidation sites excluding steroid dienone is 8. The summed E-state index contributed by atoms with van der Waals surface area (Å²) in [4.78, 5) is 43.0. The second-order valence-electron chi connectivity index (χ2n) is 16.1. The summed E-state index contributed by atoms with van der Waals surface area (Å²) in [5, 5.41) is 0. The van der Waals surface area contributed by atoms with Crippen molar-refractivity contribution in [2.75, 3.05) is 13.2 Å². The van der Waals surface area contributed by atoms with Gasteiger partial charge in [-0.3, -0.25) is 14.1 Å². The molecule has 0 heterocycles. The predicted molar refractivity (Wildman–Crippen MR) is 244 cm³/mol. The first-order valence-corrected chi connectivity index (χ1v) is 25.5. The van der Waals surface area contributed by atoms with Crippen molar-refractivity contribution >= 4 is 19.8 Å². The van der Waals surface area contributed by atoms with E-state index in [4.69, 9.17) is 19.3 Å². The quantitative estimate of drug-likeness (QED) is 0.0269. The second kappa shape index (κ2) is 44.6. The Morgan fingerprint density at radius 2 is 0.776 bits per heavy atom. The fraction of sp³-hybridized carbons (Fsp3) is 0.796. The molecule has 0 saturated heterocycles. The van der Waals surface area contributed by atoms with Gasteiger partial charge in [0.05, 0.1) is 6.61 Å². The van der Waals surface area contributed by atoms with Gasteiger partial charge in [-0.25, -0.2) is 4.57 Å². The zero-order valence-electron chi connectivity index (χ0n) is 37.4. The number of carbonyl (C=O) groups is 2. The molecule has 338 valence electrons. The molecule has 0 aliphatic rings. The average Bonchev–Trinajstić information content (AvgIpc) is 3.20. The zero-order valence-corrected chi connectivity index (χ0v) is 38.3. The number of phosphoric ester groups is 1. The molecule has 9 heteroatoms. The highest BCUT2D eigenvalue weighted by Gasteiger charge is 2.23. The number of esters is 2. The standard InChI is InChI=1S/C49H89O8P/c1-3-5-7-9-11-13-15-17-19-21-23-24-26-28-30-32-34-36-38-40-42-44-49(51)57-47(46-56-58(52,53)54)45-55-48(50)43-41-39-37-35-33-31-29-27-25-22-20-18-16-14-12-10-8-6-4-2/h12,14-15,17-18,20-21,23,47H,3-11,13,16,19,22,24-46H2,1-2H3,(H2,52,53,54)/b14-12-,17-15-,20-18-,23-21-. The van der Waals surface area contributed by atoms with Gasteiger partial charge >= 0.3 is 19.8 Å². The van der Waals surface area contributed by atoms with E-state index in [9.17, 15) is 14.2 Å². The fourth-order valence-electron chi connectivity index (χ4n) is 6.73. The lowest BCUT2D eigenvalue weighted by Crippen LogP contribution is -2.29. The van der Waals surface area contributed by atoms with Gasteiger partial charge in [-0.1, -0.05) is 191 Å². The summed E-state index contributed by atoms with van der Waals surface area (Å²) in [6.07, 6.45) is 55.4. The Balaban J connectivity index is 3.87. The van der Waals surface area contributed by atoms with E-state index in [1.807, 2.05) is 0 Å². The van der Waals surface area contributed by atoms with E-state index in [1.165, 1.54) is 128 Å². The SMILES string of the molecule is CCCCC/C=C\C/C=C\CCCCCCCCCCCC(=O)OCC(COP(=O)(O)O)OC(=O)CCCCCCCCCCC/C=C\C/C=C\CCCCCCC. The molecule has 0 bridgehead atoms. The third-order valence-corrected chi connectivity index (χ3v) is 10.8. The Kier molecular flexibility index (Phi) is 43.0. The number of phosphoric acid groups is 1. The third-order valence-electron chi connectivity index (χ3n) is 10.3. The Morgan fingerprint density at radius 1 is 0.448 bits per heavy atom. The molecular weight excluding hydrogens is 748 g/mol. The van der Waals surface area contributed by atoms with Gasteiger partial charge in [0.15, 0.2) is 6.10 Å². The lowest BCUT2D eigenvalue weighted by Gasteiger charge is -2.18. The predicted octanol–water partition coefficient (Wildman–Crippen LogP) is 15.1. The van der Waals surface area contributed by atoms with Gasteiger partial charge in [-0.2, -0.15) is 0 Å². The zero-order chi connectivity index (χ0) is 42.5. The summed E-state index contributed by atoms with van der Waals surface area (Å²) < 4.78 is 26.5. The van der Waals surface area contributed by atoms with Crippen molar-refractivity contribution in [3.63, 3.8) is 0 Å². The van der Waals surface area contributed by atoms with Gasteiger partial charge < -0.3 is 19.3 Å². The first-order valence-electron chi connectivity index (χ1n) is 23.9. The van der Waals surface area contributed by atoms with E-state index in [0.717, 1.165) is 70.6 Å². The van der Waals surface area contributed by atoms with Gasteiger partial charge in [0.2, 0.25) is 0 Å². The largest absolute Gasteiger partial charge is 0.469 e. The van der Waals surface area contributed by atoms with Gasteiger partial charge in [0.1, 0.15) is 6.61 Å². The number of rotatable bonds is 44. The molecule has 0 radical (unpaired) electrons. The lowest BCUT2D eigenvalue weighted by molar-refractivity contribution is -0.161. The smallest absolute Gasteiger partial charge is 0.462 e. The number of carbonyl (C=O) groups excluding carboxylic acids is 2. The first kappa shape index (κ1) is 56.0. The van der Waals surface area contributed by atoms with Crippen LogP contribution in [0.3, 0.4) is 0 Å². The number of hydrogen-bond acceptors (Lipinski definition) is 6. The maximum Gasteiger partial charge on any atom is 0.469 e. The van der Waals surface area contributed by atoms with Crippen molar-refractivity contribution < 1.29 is 37.9 Å². The second-order valence-corrected chi connectivity index (χ2v) is 17.3. The molecule has 0 amide bonds. The molecule has 0 aromatic heterocycles. The first-order chi connectivity index (χ1) is 28.3. The molecule has 0 fully saturated rings. The van der Waals surface area contributed by atoms with Crippen LogP contribution in [0.4, 0.5) is 0 Å². The average molecular weight is 837 g/mol. The van der Waals surface area contributed by atoms with Gasteiger partial charge in [-0.15, -0.1) is 0 Å². The third kappa shape index (κ3) is 46.7. The summed E-state index contributed by atoms with van der Waals surface area (Å²) >= 11 is 0. The topological polar surface area (TPSA) is 119 Å². The molecule has 0 aliphatic heterocycles. The highest BCUT2D eigenvalue weighted by molar-refractivity contribution is 7.46. The van der Waals surface area contributed by atoms with Crippen molar-refractivity contribution in [3.8, 4) is 0 Å². The van der Waals surface area contributed by atoms with Crippen LogP contribution in [0.25, 0.3) is 0 Å². The minimum Gasteiger partial charge on any atom is -0.462 e. The van der Waals surface area contributed by atoms with Crippen LogP contribution in [0.1, 0.15) is 232 Å². The summed E-state index contributed by atoms with van der Waals surface area (Å²) in [6.45, 7) is 3.67. The van der Waals surface area contributed by atoms with Crippen molar-refractivity contribution in [2.45, 2.75) is 238 Å². The van der Waals surface area contributed by atoms with E-state index in [2.05, 4.69) is 67.0 Å². The Labute approximate surface area is 356 Å². The summed E-state index contributed by atoms with van der Waals surface area (Å²) in [5.41, 5.74) is 0. The molecule has 0 saturated carbocycles. The lowest BCUT2D eigenvalue weighted by atomic mass is 10.1. The normalized spacial score (nSPS) is 12.8. The van der Waals surface area contributed by atoms with Crippen LogP contribution in [0.5, 0.6) is 0 Å². The van der Waals surface area contributed by atoms with Crippen molar-refractivity contribution in [1.29, 1.82) is 0 Å². The van der Waals surface area contributed by atoms with E-state index in [0.29, 0.717) is 6.42 Å². The van der Waals surface area contributed by atoms with Crippen LogP contribution in [-0.2, 0) is 28.2 Å². The van der Waals surface area contributed by atoms with E-state index >= 15 is 0 Å². The fourth-order valence-corrected chi connectivity index (χ4v) is 7.09. The van der Waals surface area contributed by atoms with E-state index in [-0.39, 0.29) is 19.4 Å². The summed E-state index contributed by atoms with van der Waals surface area (Å²) in [5.74, 6) is -0.889. The molecule has 2 N–H and O–H groups in total. The monoisotopic (exact) mass is 837 g/mol. The summed E-state index contributed by atoms with van der Waals surface area (Å²) in [6, 6.07) is 0. The maximum absolute atomic E-state index is 12.5. The van der Waals surface area contributed by atoms with E-state index < -0.39 is 32.5 Å². The number of unbranched alkanes of at least 4 members (excludes halogenated alkanes) is 26. The van der Waals surface area contributed by atoms with Gasteiger partial charge in [-0.05, 0) is 77.0 Å². The van der Waals surface area contributed by atoms with Crippen LogP contribution in [0.15, 0.2) is 48.6 Å². The van der Waals surface area contributed by atoms with Gasteiger partial charge in [0, 0.05) is 12.8 Å². The Morgan fingerprint density at radius 3 is 1.17 bits per heavy atom. The molecule has 8 nitrogen and oxygen atoms in total. The molecule has 1 unspecified atom stereocenters. The Bertz CT molecular complexity index is 1080. The molecular formula is C49H89O8P. The molecule has 0 rings (SSSR count). The van der Waals surface area contributed by atoms with Gasteiger partial charge in [0.25, 0.3) is 0 Å². The van der Waals surface area contributed by atoms with Crippen LogP contribution in [-0.4, -0.2) is 41.0 Å². The molecule has 0 spiro atoms. The van der Waals surface area contributed by atoms with Crippen LogP contribution in [0, 0.1) is 0 Å². The van der Waals surface area contributed by atoms with Crippen molar-refractivity contribution in [3.05, 3.63) is 48.6 Å². The highest BCUT2D eigenvalue weighted by Crippen LogP contribution is 2.36. The molecule has 0 aliphatic carbocycles. The van der Waals surface area contributed by atoms with Crippen LogP contribution in [0.2, 0.25) is 0 Å². The minimum absolute atomic E-state index is 0.206. The molecule has 1 atom stereocenters. The number of hydrogen-bond donors (Lipinski definition) is 2. The highest BCUT2D eigenvalue weighted by atomic mass is 31.2. The molecule has 0 aromatic carbocycles. The van der Waals surface area contributed by atoms with Crippen LogP contribution < -0.4 is 0 Å².